The van der Waals surface area contributed by atoms with Crippen molar-refractivity contribution in [1.29, 1.82) is 0 Å². The third kappa shape index (κ3) is 4.47. The number of amides is 2. The summed E-state index contributed by atoms with van der Waals surface area (Å²) < 4.78 is 37.8. The number of methoxy groups -OCH3 is 1. The smallest absolute Gasteiger partial charge is 0.243 e. The van der Waals surface area contributed by atoms with Gasteiger partial charge in [-0.1, -0.05) is 28.9 Å². The monoisotopic (exact) mass is 490 g/mol. The van der Waals surface area contributed by atoms with Crippen molar-refractivity contribution in [1.82, 2.24) is 14.4 Å². The summed E-state index contributed by atoms with van der Waals surface area (Å²) in [5, 5.41) is 4.38. The van der Waals surface area contributed by atoms with Crippen molar-refractivity contribution >= 4 is 39.1 Å². The third-order valence-corrected chi connectivity index (χ3v) is 7.09. The Kier molecular flexibility index (Phi) is 6.19. The minimum absolute atomic E-state index is 0.0605. The Morgan fingerprint density at radius 2 is 1.88 bits per heavy atom. The second-order valence-electron chi connectivity index (χ2n) is 7.24. The predicted molar refractivity (Wildman–Crippen MR) is 118 cm³/mol. The highest BCUT2D eigenvalue weighted by Gasteiger charge is 2.34. The van der Waals surface area contributed by atoms with Gasteiger partial charge in [-0.3, -0.25) is 9.59 Å². The molecule has 4 rings (SSSR count). The summed E-state index contributed by atoms with van der Waals surface area (Å²) in [6.07, 6.45) is 0.121. The molecule has 0 N–H and O–H groups in total. The molecule has 1 fully saturated rings. The quantitative estimate of drug-likeness (QED) is 0.463. The number of anilines is 1. The van der Waals surface area contributed by atoms with Crippen LogP contribution < -0.4 is 9.64 Å². The van der Waals surface area contributed by atoms with Gasteiger partial charge in [0.1, 0.15) is 5.75 Å². The van der Waals surface area contributed by atoms with Gasteiger partial charge in [-0.05, 0) is 30.3 Å². The Labute approximate surface area is 194 Å². The molecule has 3 aromatic rings. The molecule has 0 bridgehead atoms. The summed E-state index contributed by atoms with van der Waals surface area (Å²) in [5.41, 5.74) is 0.711. The van der Waals surface area contributed by atoms with E-state index >= 15 is 0 Å². The van der Waals surface area contributed by atoms with Crippen LogP contribution in [0.3, 0.4) is 0 Å². The zero-order chi connectivity index (χ0) is 23.8. The van der Waals surface area contributed by atoms with E-state index in [2.05, 4.69) is 10.1 Å². The van der Waals surface area contributed by atoms with Gasteiger partial charge in [0.15, 0.2) is 0 Å². The molecule has 0 aliphatic carbocycles. The molecule has 12 heteroatoms. The molecule has 0 saturated carbocycles. The topological polar surface area (TPSA) is 123 Å². The number of hydrogen-bond donors (Lipinski definition) is 0. The highest BCUT2D eigenvalue weighted by Crippen LogP contribution is 2.35. The number of aromatic nitrogens is 2. The van der Waals surface area contributed by atoms with Crippen molar-refractivity contribution < 1.29 is 27.3 Å². The van der Waals surface area contributed by atoms with Crippen molar-refractivity contribution in [3.63, 3.8) is 0 Å². The molecule has 0 radical (unpaired) electrons. The average molecular weight is 491 g/mol. The van der Waals surface area contributed by atoms with Crippen LogP contribution >= 0.6 is 11.6 Å². The number of benzene rings is 2. The first-order chi connectivity index (χ1) is 15.7. The summed E-state index contributed by atoms with van der Waals surface area (Å²) in [4.78, 5) is 29.4. The molecule has 1 saturated heterocycles. The number of rotatable bonds is 7. The number of hydrogen-bond acceptors (Lipinski definition) is 8. The van der Waals surface area contributed by atoms with E-state index < -0.39 is 21.8 Å². The normalized spacial score (nSPS) is 14.4. The van der Waals surface area contributed by atoms with Crippen LogP contribution in [0, 0.1) is 0 Å². The Morgan fingerprint density at radius 1 is 1.15 bits per heavy atom. The molecular weight excluding hydrogens is 472 g/mol. The standard InChI is InChI=1S/C21H19ClN4O6S/c1-25(12-18-23-21(24-32-18)13-4-3-5-14(22)10-13)33(29,30)15-6-7-17(31-2)16(11-15)26-19(27)8-9-20(26)28/h3-7,10-11H,8-9,12H2,1-2H3. The van der Waals surface area contributed by atoms with E-state index in [-0.39, 0.29) is 47.4 Å². The zero-order valence-electron chi connectivity index (χ0n) is 17.7. The van der Waals surface area contributed by atoms with Crippen molar-refractivity contribution in [2.75, 3.05) is 19.1 Å². The molecule has 2 amide bonds. The maximum Gasteiger partial charge on any atom is 0.243 e. The first kappa shape index (κ1) is 22.9. The molecule has 1 aliphatic rings. The Morgan fingerprint density at radius 3 is 2.55 bits per heavy atom. The maximum absolute atomic E-state index is 13.2. The second kappa shape index (κ2) is 8.93. The summed E-state index contributed by atoms with van der Waals surface area (Å²) in [5.74, 6) is -0.268. The molecule has 10 nitrogen and oxygen atoms in total. The molecule has 0 atom stereocenters. The van der Waals surface area contributed by atoms with E-state index in [1.54, 1.807) is 24.3 Å². The average Bonchev–Trinajstić information content (AvgIpc) is 3.39. The molecule has 1 aromatic heterocycles. The van der Waals surface area contributed by atoms with E-state index in [1.165, 1.54) is 32.4 Å². The van der Waals surface area contributed by atoms with E-state index in [4.69, 9.17) is 20.9 Å². The Balaban J connectivity index is 1.60. The second-order valence-corrected chi connectivity index (χ2v) is 9.72. The SMILES string of the molecule is COc1ccc(S(=O)(=O)N(C)Cc2nc(-c3cccc(Cl)c3)no2)cc1N1C(=O)CCC1=O. The van der Waals surface area contributed by atoms with Gasteiger partial charge in [0.05, 0.1) is 24.2 Å². The molecule has 0 spiro atoms. The molecule has 0 unspecified atom stereocenters. The van der Waals surface area contributed by atoms with Gasteiger partial charge in [-0.15, -0.1) is 0 Å². The van der Waals surface area contributed by atoms with Crippen LogP contribution in [0.2, 0.25) is 5.02 Å². The lowest BCUT2D eigenvalue weighted by atomic mass is 10.2. The van der Waals surface area contributed by atoms with Gasteiger partial charge in [-0.2, -0.15) is 9.29 Å². The van der Waals surface area contributed by atoms with Gasteiger partial charge in [0, 0.05) is 30.5 Å². The van der Waals surface area contributed by atoms with Crippen LogP contribution in [0.5, 0.6) is 5.75 Å². The number of imide groups is 1. The van der Waals surface area contributed by atoms with Crippen molar-refractivity contribution in [2.24, 2.45) is 0 Å². The van der Waals surface area contributed by atoms with Gasteiger partial charge in [0.25, 0.3) is 0 Å². The van der Waals surface area contributed by atoms with E-state index in [0.717, 1.165) is 9.21 Å². The number of carbonyl (C=O) groups excluding carboxylic acids is 2. The van der Waals surface area contributed by atoms with Gasteiger partial charge in [0.2, 0.25) is 33.6 Å². The number of halogens is 1. The number of sulfonamides is 1. The third-order valence-electron chi connectivity index (χ3n) is 5.06. The maximum atomic E-state index is 13.2. The molecule has 172 valence electrons. The summed E-state index contributed by atoms with van der Waals surface area (Å²) in [6.45, 7) is -0.196. The Hall–Kier alpha value is -3.28. The molecule has 2 heterocycles. The number of carbonyl (C=O) groups is 2. The molecule has 33 heavy (non-hydrogen) atoms. The van der Waals surface area contributed by atoms with Crippen LogP contribution in [0.25, 0.3) is 11.4 Å². The predicted octanol–water partition coefficient (Wildman–Crippen LogP) is 2.87. The highest BCUT2D eigenvalue weighted by molar-refractivity contribution is 7.89. The summed E-state index contributed by atoms with van der Waals surface area (Å²) >= 11 is 5.98. The molecule has 1 aliphatic heterocycles. The van der Waals surface area contributed by atoms with E-state index in [9.17, 15) is 18.0 Å². The first-order valence-corrected chi connectivity index (χ1v) is 11.6. The Bertz CT molecular complexity index is 1320. The minimum atomic E-state index is -4.03. The van der Waals surface area contributed by atoms with E-state index in [1.807, 2.05) is 0 Å². The van der Waals surface area contributed by atoms with Crippen LogP contribution in [0.4, 0.5) is 5.69 Å². The lowest BCUT2D eigenvalue weighted by Crippen LogP contribution is -2.30. The number of ether oxygens (including phenoxy) is 1. The van der Waals surface area contributed by atoms with Crippen molar-refractivity contribution in [2.45, 2.75) is 24.3 Å². The summed E-state index contributed by atoms with van der Waals surface area (Å²) in [6, 6.07) is 10.8. The van der Waals surface area contributed by atoms with Crippen LogP contribution in [-0.4, -0.2) is 48.8 Å². The van der Waals surface area contributed by atoms with Gasteiger partial charge >= 0.3 is 0 Å². The zero-order valence-corrected chi connectivity index (χ0v) is 19.3. The lowest BCUT2D eigenvalue weighted by molar-refractivity contribution is -0.121. The van der Waals surface area contributed by atoms with Crippen molar-refractivity contribution in [3.8, 4) is 17.1 Å². The minimum Gasteiger partial charge on any atom is -0.495 e. The fraction of sp³-hybridized carbons (Fsp3) is 0.238. The summed E-state index contributed by atoms with van der Waals surface area (Å²) in [7, 11) is -1.30. The van der Waals surface area contributed by atoms with E-state index in [0.29, 0.717) is 10.6 Å². The fourth-order valence-electron chi connectivity index (χ4n) is 3.37. The van der Waals surface area contributed by atoms with Crippen LogP contribution in [0.15, 0.2) is 51.9 Å². The lowest BCUT2D eigenvalue weighted by Gasteiger charge is -2.20. The van der Waals surface area contributed by atoms with Crippen LogP contribution in [0.1, 0.15) is 18.7 Å². The first-order valence-electron chi connectivity index (χ1n) is 9.79. The fourth-order valence-corrected chi connectivity index (χ4v) is 4.70. The van der Waals surface area contributed by atoms with Gasteiger partial charge < -0.3 is 9.26 Å². The van der Waals surface area contributed by atoms with Crippen LogP contribution in [-0.2, 0) is 26.2 Å². The largest absolute Gasteiger partial charge is 0.495 e. The van der Waals surface area contributed by atoms with Gasteiger partial charge in [-0.25, -0.2) is 13.3 Å². The number of nitrogens with zero attached hydrogens (tertiary/aromatic N) is 4. The van der Waals surface area contributed by atoms with Crippen molar-refractivity contribution in [3.05, 3.63) is 53.4 Å². The molecule has 2 aromatic carbocycles. The molecular formula is C21H19ClN4O6S. The highest BCUT2D eigenvalue weighted by atomic mass is 35.5.